The fourth-order valence-electron chi connectivity index (χ4n) is 3.95. The first-order chi connectivity index (χ1) is 14.5. The number of fused-ring (bicyclic) bond motifs is 2. The normalized spacial score (nSPS) is 20.0. The van der Waals surface area contributed by atoms with Crippen molar-refractivity contribution in [3.8, 4) is 0 Å². The second-order valence-electron chi connectivity index (χ2n) is 7.53. The third-order valence-electron chi connectivity index (χ3n) is 5.64. The van der Waals surface area contributed by atoms with Crippen molar-refractivity contribution in [1.29, 1.82) is 0 Å². The van der Waals surface area contributed by atoms with E-state index < -0.39 is 11.6 Å². The van der Waals surface area contributed by atoms with Gasteiger partial charge in [0.15, 0.2) is 0 Å². The standard InChI is InChI=1S/C23H18F2N4O/c1-13-16-7-6-14(10-22(16)28-27-13)15-8-19(24)18(20(25)9-15)11-29-12-26-21-5-3-2-4-17(21)23(29)30/h2-10,12,16,22,28H,11H2,1H3. The van der Waals surface area contributed by atoms with Crippen molar-refractivity contribution in [2.24, 2.45) is 11.0 Å². The molecule has 2 heterocycles. The molecule has 0 saturated heterocycles. The van der Waals surface area contributed by atoms with Gasteiger partial charge < -0.3 is 5.43 Å². The molecule has 2 unspecified atom stereocenters. The average molecular weight is 404 g/mol. The van der Waals surface area contributed by atoms with E-state index >= 15 is 0 Å². The van der Waals surface area contributed by atoms with Crippen LogP contribution in [0.15, 0.2) is 70.8 Å². The minimum Gasteiger partial charge on any atom is -0.302 e. The number of benzene rings is 2. The van der Waals surface area contributed by atoms with Crippen LogP contribution in [0.25, 0.3) is 16.5 Å². The highest BCUT2D eigenvalue weighted by atomic mass is 19.1. The Morgan fingerprint density at radius 2 is 1.93 bits per heavy atom. The van der Waals surface area contributed by atoms with Gasteiger partial charge >= 0.3 is 0 Å². The summed E-state index contributed by atoms with van der Waals surface area (Å²) in [5.74, 6) is -1.24. The molecule has 3 aromatic rings. The Bertz CT molecular complexity index is 1300. The molecule has 0 fully saturated rings. The number of halogens is 2. The van der Waals surface area contributed by atoms with Gasteiger partial charge in [0.25, 0.3) is 5.56 Å². The van der Waals surface area contributed by atoms with Crippen LogP contribution in [0.1, 0.15) is 18.1 Å². The third kappa shape index (κ3) is 3.03. The fraction of sp³-hybridized carbons (Fsp3) is 0.174. The minimum absolute atomic E-state index is 0.0157. The molecule has 0 bridgehead atoms. The highest BCUT2D eigenvalue weighted by Gasteiger charge is 2.28. The number of hydrogen-bond donors (Lipinski definition) is 1. The second kappa shape index (κ2) is 7.02. The average Bonchev–Trinajstić information content (AvgIpc) is 3.12. The van der Waals surface area contributed by atoms with Gasteiger partial charge in [-0.1, -0.05) is 30.4 Å². The summed E-state index contributed by atoms with van der Waals surface area (Å²) in [7, 11) is 0. The first-order valence-corrected chi connectivity index (χ1v) is 9.63. The number of rotatable bonds is 3. The summed E-state index contributed by atoms with van der Waals surface area (Å²) < 4.78 is 30.9. The van der Waals surface area contributed by atoms with Crippen LogP contribution in [0.3, 0.4) is 0 Å². The highest BCUT2D eigenvalue weighted by molar-refractivity contribution is 5.91. The van der Waals surface area contributed by atoms with Gasteiger partial charge in [-0.2, -0.15) is 5.10 Å². The Kier molecular flexibility index (Phi) is 4.31. The van der Waals surface area contributed by atoms with Gasteiger partial charge in [0, 0.05) is 17.2 Å². The fourth-order valence-corrected chi connectivity index (χ4v) is 3.95. The highest BCUT2D eigenvalue weighted by Crippen LogP contribution is 2.29. The van der Waals surface area contributed by atoms with Gasteiger partial charge in [-0.15, -0.1) is 0 Å². The molecule has 5 rings (SSSR count). The molecule has 5 nitrogen and oxygen atoms in total. The number of nitrogens with zero attached hydrogens (tertiary/aromatic N) is 3. The molecule has 1 aliphatic heterocycles. The molecule has 2 aliphatic rings. The molecule has 0 saturated carbocycles. The predicted molar refractivity (Wildman–Crippen MR) is 112 cm³/mol. The first-order valence-electron chi connectivity index (χ1n) is 9.63. The van der Waals surface area contributed by atoms with Crippen LogP contribution in [-0.2, 0) is 6.54 Å². The van der Waals surface area contributed by atoms with Crippen LogP contribution in [0, 0.1) is 17.6 Å². The Labute approximate surface area is 171 Å². The quantitative estimate of drug-likeness (QED) is 0.725. The monoisotopic (exact) mass is 404 g/mol. The molecular weight excluding hydrogens is 386 g/mol. The molecule has 0 spiro atoms. The molecule has 0 amide bonds. The molecule has 1 aliphatic carbocycles. The molecular formula is C23H18F2N4O. The van der Waals surface area contributed by atoms with E-state index in [1.54, 1.807) is 24.3 Å². The van der Waals surface area contributed by atoms with E-state index in [2.05, 4.69) is 15.5 Å². The molecule has 0 radical (unpaired) electrons. The third-order valence-corrected chi connectivity index (χ3v) is 5.64. The maximum Gasteiger partial charge on any atom is 0.261 e. The number of para-hydroxylation sites is 1. The predicted octanol–water partition coefficient (Wildman–Crippen LogP) is 3.64. The molecule has 30 heavy (non-hydrogen) atoms. The summed E-state index contributed by atoms with van der Waals surface area (Å²) in [6.07, 6.45) is 7.09. The van der Waals surface area contributed by atoms with Gasteiger partial charge in [0.05, 0.1) is 29.8 Å². The largest absolute Gasteiger partial charge is 0.302 e. The number of aromatic nitrogens is 2. The van der Waals surface area contributed by atoms with Crippen molar-refractivity contribution < 1.29 is 8.78 Å². The van der Waals surface area contributed by atoms with Crippen LogP contribution in [-0.4, -0.2) is 21.3 Å². The number of hydrogen-bond acceptors (Lipinski definition) is 4. The van der Waals surface area contributed by atoms with Crippen LogP contribution in [0.2, 0.25) is 0 Å². The van der Waals surface area contributed by atoms with E-state index in [1.165, 1.54) is 23.0 Å². The Balaban J connectivity index is 1.47. The molecule has 1 aromatic heterocycles. The van der Waals surface area contributed by atoms with Crippen molar-refractivity contribution >= 4 is 22.2 Å². The van der Waals surface area contributed by atoms with Crippen molar-refractivity contribution in [3.05, 3.63) is 94.1 Å². The summed E-state index contributed by atoms with van der Waals surface area (Å²) in [6.45, 7) is 1.71. The SMILES string of the molecule is CC1=NNC2C=C(c3cc(F)c(Cn4cnc5ccccc5c4=O)c(F)c3)C=CC12. The Morgan fingerprint density at radius 1 is 1.17 bits per heavy atom. The van der Waals surface area contributed by atoms with E-state index in [0.29, 0.717) is 16.5 Å². The molecule has 2 atom stereocenters. The zero-order valence-electron chi connectivity index (χ0n) is 16.1. The molecule has 150 valence electrons. The second-order valence-corrected chi connectivity index (χ2v) is 7.53. The summed E-state index contributed by atoms with van der Waals surface area (Å²) in [4.78, 5) is 16.9. The Hall–Kier alpha value is -3.61. The van der Waals surface area contributed by atoms with Gasteiger partial charge in [-0.05, 0) is 42.3 Å². The van der Waals surface area contributed by atoms with Crippen LogP contribution in [0.5, 0.6) is 0 Å². The van der Waals surface area contributed by atoms with E-state index in [9.17, 15) is 13.6 Å². The lowest BCUT2D eigenvalue weighted by Gasteiger charge is -2.19. The Morgan fingerprint density at radius 3 is 2.73 bits per heavy atom. The van der Waals surface area contributed by atoms with Crippen molar-refractivity contribution in [2.75, 3.05) is 0 Å². The van der Waals surface area contributed by atoms with Gasteiger partial charge in [-0.25, -0.2) is 13.8 Å². The van der Waals surface area contributed by atoms with E-state index in [0.717, 1.165) is 11.3 Å². The maximum absolute atomic E-state index is 14.9. The van der Waals surface area contributed by atoms with Gasteiger partial charge in [0.1, 0.15) is 11.6 Å². The lowest BCUT2D eigenvalue weighted by Crippen LogP contribution is -2.27. The van der Waals surface area contributed by atoms with Crippen LogP contribution >= 0.6 is 0 Å². The molecule has 1 N–H and O–H groups in total. The van der Waals surface area contributed by atoms with Crippen LogP contribution in [0.4, 0.5) is 8.78 Å². The molecule has 2 aromatic carbocycles. The van der Waals surface area contributed by atoms with E-state index in [4.69, 9.17) is 0 Å². The van der Waals surface area contributed by atoms with Crippen LogP contribution < -0.4 is 11.0 Å². The maximum atomic E-state index is 14.9. The molecule has 7 heteroatoms. The topological polar surface area (TPSA) is 59.3 Å². The van der Waals surface area contributed by atoms with E-state index in [-0.39, 0.29) is 29.6 Å². The zero-order valence-corrected chi connectivity index (χ0v) is 16.1. The summed E-state index contributed by atoms with van der Waals surface area (Å²) in [5.41, 5.74) is 5.21. The smallest absolute Gasteiger partial charge is 0.261 e. The van der Waals surface area contributed by atoms with E-state index in [1.807, 2.05) is 25.2 Å². The van der Waals surface area contributed by atoms with Gasteiger partial charge in [0.2, 0.25) is 0 Å². The lowest BCUT2D eigenvalue weighted by atomic mass is 9.87. The first kappa shape index (κ1) is 18.4. The lowest BCUT2D eigenvalue weighted by molar-refractivity contribution is 0.540. The summed E-state index contributed by atoms with van der Waals surface area (Å²) in [5, 5.41) is 4.63. The summed E-state index contributed by atoms with van der Waals surface area (Å²) >= 11 is 0. The number of nitrogens with one attached hydrogen (secondary N) is 1. The van der Waals surface area contributed by atoms with Crippen molar-refractivity contribution in [1.82, 2.24) is 15.0 Å². The van der Waals surface area contributed by atoms with Crippen molar-refractivity contribution in [2.45, 2.75) is 19.5 Å². The number of hydrazone groups is 1. The summed E-state index contributed by atoms with van der Waals surface area (Å²) in [6, 6.07) is 9.47. The van der Waals surface area contributed by atoms with Crippen molar-refractivity contribution in [3.63, 3.8) is 0 Å². The zero-order chi connectivity index (χ0) is 20.8. The number of allylic oxidation sites excluding steroid dienone is 2. The van der Waals surface area contributed by atoms with Gasteiger partial charge in [-0.3, -0.25) is 9.36 Å². The minimum atomic E-state index is -0.701.